The molecule has 0 saturated heterocycles. The van der Waals surface area contributed by atoms with Crippen molar-refractivity contribution in [2.24, 2.45) is 11.3 Å². The summed E-state index contributed by atoms with van der Waals surface area (Å²) in [6, 6.07) is 0. The molecule has 0 saturated carbocycles. The van der Waals surface area contributed by atoms with Gasteiger partial charge in [0.05, 0.1) is 6.42 Å². The third-order valence-electron chi connectivity index (χ3n) is 2.17. The van der Waals surface area contributed by atoms with Crippen LogP contribution in [-0.2, 0) is 17.6 Å². The van der Waals surface area contributed by atoms with E-state index in [-0.39, 0.29) is 23.5 Å². The molecule has 0 spiro atoms. The SMILES string of the molecule is CC(C)C(=O)Cc1nc(CC(C)(C)C)no1. The first-order valence-electron chi connectivity index (χ1n) is 5.62. The fraction of sp³-hybridized carbons (Fsp3) is 0.750. The van der Waals surface area contributed by atoms with Crippen molar-refractivity contribution >= 4 is 5.78 Å². The molecular weight excluding hydrogens is 204 g/mol. The molecule has 0 bridgehead atoms. The van der Waals surface area contributed by atoms with Gasteiger partial charge < -0.3 is 4.52 Å². The van der Waals surface area contributed by atoms with Crippen LogP contribution in [0.25, 0.3) is 0 Å². The normalized spacial score (nSPS) is 12.1. The second kappa shape index (κ2) is 4.76. The molecule has 0 unspecified atom stereocenters. The summed E-state index contributed by atoms with van der Waals surface area (Å²) in [6.07, 6.45) is 1.00. The largest absolute Gasteiger partial charge is 0.339 e. The lowest BCUT2D eigenvalue weighted by molar-refractivity contribution is -0.121. The summed E-state index contributed by atoms with van der Waals surface area (Å²) >= 11 is 0. The summed E-state index contributed by atoms with van der Waals surface area (Å²) in [5.41, 5.74) is 0.128. The number of ketones is 1. The standard InChI is InChI=1S/C12H20N2O2/c1-8(2)9(15)6-11-13-10(14-16-11)7-12(3,4)5/h8H,6-7H2,1-5H3. The summed E-state index contributed by atoms with van der Waals surface area (Å²) in [6.45, 7) is 10.1. The molecule has 0 aliphatic carbocycles. The Hall–Kier alpha value is -1.19. The van der Waals surface area contributed by atoms with E-state index in [0.29, 0.717) is 11.7 Å². The Morgan fingerprint density at radius 3 is 2.50 bits per heavy atom. The highest BCUT2D eigenvalue weighted by Gasteiger charge is 2.18. The smallest absolute Gasteiger partial charge is 0.234 e. The van der Waals surface area contributed by atoms with Crippen LogP contribution >= 0.6 is 0 Å². The van der Waals surface area contributed by atoms with Crippen LogP contribution in [0.5, 0.6) is 0 Å². The van der Waals surface area contributed by atoms with E-state index in [9.17, 15) is 4.79 Å². The average Bonchev–Trinajstić information content (AvgIpc) is 2.49. The lowest BCUT2D eigenvalue weighted by atomic mass is 9.92. The van der Waals surface area contributed by atoms with Gasteiger partial charge in [0.1, 0.15) is 5.78 Å². The molecule has 0 radical (unpaired) electrons. The number of aromatic nitrogens is 2. The lowest BCUT2D eigenvalue weighted by Gasteiger charge is -2.14. The molecule has 4 heteroatoms. The molecule has 16 heavy (non-hydrogen) atoms. The van der Waals surface area contributed by atoms with E-state index < -0.39 is 0 Å². The number of hydrogen-bond acceptors (Lipinski definition) is 4. The third kappa shape index (κ3) is 4.13. The Balaban J connectivity index is 2.62. The maximum Gasteiger partial charge on any atom is 0.234 e. The van der Waals surface area contributed by atoms with Gasteiger partial charge in [0.2, 0.25) is 5.89 Å². The molecule has 1 aromatic heterocycles. The number of carbonyl (C=O) groups is 1. The van der Waals surface area contributed by atoms with Gasteiger partial charge in [-0.3, -0.25) is 4.79 Å². The fourth-order valence-corrected chi connectivity index (χ4v) is 1.26. The lowest BCUT2D eigenvalue weighted by Crippen LogP contribution is -2.12. The highest BCUT2D eigenvalue weighted by Crippen LogP contribution is 2.18. The zero-order chi connectivity index (χ0) is 12.3. The molecule has 0 atom stereocenters. The Labute approximate surface area is 96.4 Å². The van der Waals surface area contributed by atoms with Crippen LogP contribution in [0.1, 0.15) is 46.3 Å². The minimum Gasteiger partial charge on any atom is -0.339 e. The molecule has 0 aliphatic heterocycles. The molecule has 0 aromatic carbocycles. The zero-order valence-electron chi connectivity index (χ0n) is 10.7. The molecule has 90 valence electrons. The topological polar surface area (TPSA) is 56.0 Å². The van der Waals surface area contributed by atoms with E-state index >= 15 is 0 Å². The zero-order valence-corrected chi connectivity index (χ0v) is 10.7. The quantitative estimate of drug-likeness (QED) is 0.788. The van der Waals surface area contributed by atoms with E-state index in [1.807, 2.05) is 13.8 Å². The van der Waals surface area contributed by atoms with Gasteiger partial charge in [0.25, 0.3) is 0 Å². The molecule has 4 nitrogen and oxygen atoms in total. The van der Waals surface area contributed by atoms with Crippen molar-refractivity contribution in [3.8, 4) is 0 Å². The van der Waals surface area contributed by atoms with Crippen LogP contribution in [-0.4, -0.2) is 15.9 Å². The van der Waals surface area contributed by atoms with Crippen LogP contribution in [0.3, 0.4) is 0 Å². The molecule has 0 amide bonds. The van der Waals surface area contributed by atoms with Gasteiger partial charge in [-0.2, -0.15) is 4.98 Å². The van der Waals surface area contributed by atoms with Gasteiger partial charge in [0.15, 0.2) is 5.82 Å². The van der Waals surface area contributed by atoms with E-state index in [4.69, 9.17) is 4.52 Å². The molecule has 0 N–H and O–H groups in total. The molecule has 0 fully saturated rings. The molecule has 0 aliphatic rings. The molecular formula is C12H20N2O2. The van der Waals surface area contributed by atoms with E-state index in [0.717, 1.165) is 6.42 Å². The number of rotatable bonds is 4. The summed E-state index contributed by atoms with van der Waals surface area (Å²) in [5.74, 6) is 1.25. The number of nitrogens with zero attached hydrogens (tertiary/aromatic N) is 2. The summed E-state index contributed by atoms with van der Waals surface area (Å²) < 4.78 is 5.05. The van der Waals surface area contributed by atoms with Crippen molar-refractivity contribution in [2.45, 2.75) is 47.5 Å². The van der Waals surface area contributed by atoms with Gasteiger partial charge in [-0.05, 0) is 5.41 Å². The van der Waals surface area contributed by atoms with Crippen molar-refractivity contribution in [1.82, 2.24) is 10.1 Å². The first-order valence-corrected chi connectivity index (χ1v) is 5.62. The number of hydrogen-bond donors (Lipinski definition) is 0. The Morgan fingerprint density at radius 2 is 2.00 bits per heavy atom. The third-order valence-corrected chi connectivity index (χ3v) is 2.17. The maximum absolute atomic E-state index is 11.5. The number of carbonyl (C=O) groups excluding carboxylic acids is 1. The average molecular weight is 224 g/mol. The number of Topliss-reactive ketones (excluding diaryl/α,β-unsaturated/α-hetero) is 1. The predicted octanol–water partition coefficient (Wildman–Crippen LogP) is 2.43. The van der Waals surface area contributed by atoms with Crippen LogP contribution in [0.15, 0.2) is 4.52 Å². The second-order valence-corrected chi connectivity index (χ2v) is 5.64. The van der Waals surface area contributed by atoms with E-state index in [1.165, 1.54) is 0 Å². The van der Waals surface area contributed by atoms with Crippen molar-refractivity contribution in [3.63, 3.8) is 0 Å². The summed E-state index contributed by atoms with van der Waals surface area (Å²) in [4.78, 5) is 15.7. The van der Waals surface area contributed by atoms with Gasteiger partial charge in [0, 0.05) is 12.3 Å². The minimum absolute atomic E-state index is 0.0120. The molecule has 1 heterocycles. The minimum atomic E-state index is 0.0120. The summed E-state index contributed by atoms with van der Waals surface area (Å²) in [7, 11) is 0. The van der Waals surface area contributed by atoms with E-state index in [2.05, 4.69) is 30.9 Å². The summed E-state index contributed by atoms with van der Waals surface area (Å²) in [5, 5.41) is 3.88. The highest BCUT2D eigenvalue weighted by atomic mass is 16.5. The first-order chi connectivity index (χ1) is 7.28. The van der Waals surface area contributed by atoms with Gasteiger partial charge >= 0.3 is 0 Å². The predicted molar refractivity (Wildman–Crippen MR) is 61.0 cm³/mol. The van der Waals surface area contributed by atoms with Crippen molar-refractivity contribution in [3.05, 3.63) is 11.7 Å². The monoisotopic (exact) mass is 224 g/mol. The maximum atomic E-state index is 11.5. The van der Waals surface area contributed by atoms with Crippen molar-refractivity contribution in [1.29, 1.82) is 0 Å². The Kier molecular flexibility index (Phi) is 3.83. The van der Waals surface area contributed by atoms with Gasteiger partial charge in [-0.25, -0.2) is 0 Å². The Morgan fingerprint density at radius 1 is 1.38 bits per heavy atom. The Bertz CT molecular complexity index is 361. The van der Waals surface area contributed by atoms with Crippen LogP contribution in [0.4, 0.5) is 0 Å². The highest BCUT2D eigenvalue weighted by molar-refractivity contribution is 5.81. The first kappa shape index (κ1) is 12.9. The van der Waals surface area contributed by atoms with E-state index in [1.54, 1.807) is 0 Å². The van der Waals surface area contributed by atoms with Crippen molar-refractivity contribution in [2.75, 3.05) is 0 Å². The molecule has 1 rings (SSSR count). The molecule has 1 aromatic rings. The fourth-order valence-electron chi connectivity index (χ4n) is 1.26. The van der Waals surface area contributed by atoms with Crippen LogP contribution in [0.2, 0.25) is 0 Å². The van der Waals surface area contributed by atoms with Gasteiger partial charge in [-0.15, -0.1) is 0 Å². The van der Waals surface area contributed by atoms with Crippen LogP contribution < -0.4 is 0 Å². The van der Waals surface area contributed by atoms with Crippen LogP contribution in [0, 0.1) is 11.3 Å². The van der Waals surface area contributed by atoms with Gasteiger partial charge in [-0.1, -0.05) is 39.8 Å². The van der Waals surface area contributed by atoms with Crippen molar-refractivity contribution < 1.29 is 9.32 Å². The second-order valence-electron chi connectivity index (χ2n) is 5.64.